The number of aromatic nitrogens is 2. The average Bonchev–Trinajstić information content (AvgIpc) is 3.45. The lowest BCUT2D eigenvalue weighted by molar-refractivity contribution is 0.0475. The summed E-state index contributed by atoms with van der Waals surface area (Å²) < 4.78 is 7.34. The van der Waals surface area contributed by atoms with E-state index in [0.29, 0.717) is 30.8 Å². The van der Waals surface area contributed by atoms with Crippen molar-refractivity contribution in [3.63, 3.8) is 0 Å². The minimum Gasteiger partial charge on any atom is -0.376 e. The van der Waals surface area contributed by atoms with Crippen LogP contribution in [0.15, 0.2) is 36.7 Å². The third kappa shape index (κ3) is 3.68. The maximum atomic E-state index is 12.7. The predicted molar refractivity (Wildman–Crippen MR) is 100.0 cm³/mol. The molecule has 2 aliphatic heterocycles. The van der Waals surface area contributed by atoms with Gasteiger partial charge in [0.1, 0.15) is 0 Å². The molecular formula is C20H22N4O4. The lowest BCUT2D eigenvalue weighted by Gasteiger charge is -2.17. The molecule has 2 aliphatic rings. The van der Waals surface area contributed by atoms with Crippen molar-refractivity contribution in [1.29, 1.82) is 0 Å². The molecule has 0 spiro atoms. The number of hydrogen-bond acceptors (Lipinski definition) is 5. The lowest BCUT2D eigenvalue weighted by atomic mass is 10.1. The number of carbonyl (C=O) groups excluding carboxylic acids is 3. The summed E-state index contributed by atoms with van der Waals surface area (Å²) in [7, 11) is 0. The third-order valence-electron chi connectivity index (χ3n) is 5.05. The summed E-state index contributed by atoms with van der Waals surface area (Å²) in [6.45, 7) is 2.14. The van der Waals surface area contributed by atoms with Crippen LogP contribution < -0.4 is 5.32 Å². The molecular weight excluding hydrogens is 360 g/mol. The monoisotopic (exact) mass is 382 g/mol. The summed E-state index contributed by atoms with van der Waals surface area (Å²) in [5.41, 5.74) is 1.00. The fraction of sp³-hybridized carbons (Fsp3) is 0.400. The summed E-state index contributed by atoms with van der Waals surface area (Å²) in [6.07, 6.45) is 6.01. The van der Waals surface area contributed by atoms with Crippen molar-refractivity contribution in [1.82, 2.24) is 20.0 Å². The number of imide groups is 1. The molecule has 3 amide bonds. The zero-order valence-corrected chi connectivity index (χ0v) is 15.5. The molecule has 0 saturated carbocycles. The predicted octanol–water partition coefficient (Wildman–Crippen LogP) is 1.48. The van der Waals surface area contributed by atoms with Crippen LogP contribution in [0.2, 0.25) is 0 Å². The highest BCUT2D eigenvalue weighted by Gasteiger charge is 2.37. The molecule has 0 aliphatic carbocycles. The molecule has 4 rings (SSSR count). The number of amides is 3. The van der Waals surface area contributed by atoms with Gasteiger partial charge in [-0.2, -0.15) is 5.10 Å². The molecule has 8 nitrogen and oxygen atoms in total. The van der Waals surface area contributed by atoms with Crippen molar-refractivity contribution in [3.05, 3.63) is 53.3 Å². The number of ether oxygens (including phenoxy) is 1. The van der Waals surface area contributed by atoms with E-state index in [1.807, 2.05) is 12.3 Å². The van der Waals surface area contributed by atoms with Gasteiger partial charge in [-0.15, -0.1) is 0 Å². The highest BCUT2D eigenvalue weighted by atomic mass is 16.5. The van der Waals surface area contributed by atoms with Crippen LogP contribution in [0.25, 0.3) is 0 Å². The molecule has 1 fully saturated rings. The first-order chi connectivity index (χ1) is 13.6. The maximum absolute atomic E-state index is 12.7. The topological polar surface area (TPSA) is 93.5 Å². The normalized spacial score (nSPS) is 18.6. The van der Waals surface area contributed by atoms with E-state index in [4.69, 9.17) is 4.74 Å². The van der Waals surface area contributed by atoms with Crippen molar-refractivity contribution < 1.29 is 19.1 Å². The zero-order chi connectivity index (χ0) is 19.5. The molecule has 1 unspecified atom stereocenters. The van der Waals surface area contributed by atoms with Crippen LogP contribution in [-0.2, 0) is 11.3 Å². The number of nitrogens with one attached hydrogen (secondary N) is 1. The highest BCUT2D eigenvalue weighted by Crippen LogP contribution is 2.26. The van der Waals surface area contributed by atoms with Gasteiger partial charge < -0.3 is 10.1 Å². The third-order valence-corrected chi connectivity index (χ3v) is 5.05. The molecule has 2 aromatic rings. The van der Waals surface area contributed by atoms with Crippen LogP contribution in [0.4, 0.5) is 0 Å². The Morgan fingerprint density at radius 1 is 1.25 bits per heavy atom. The van der Waals surface area contributed by atoms with Crippen molar-refractivity contribution in [3.8, 4) is 0 Å². The number of benzene rings is 1. The first-order valence-electron chi connectivity index (χ1n) is 9.51. The van der Waals surface area contributed by atoms with Crippen LogP contribution in [0.1, 0.15) is 50.3 Å². The summed E-state index contributed by atoms with van der Waals surface area (Å²) in [5.74, 6) is -0.938. The van der Waals surface area contributed by atoms with E-state index in [1.54, 1.807) is 23.0 Å². The van der Waals surface area contributed by atoms with E-state index >= 15 is 0 Å². The molecule has 1 aromatic heterocycles. The number of hydrogen-bond donors (Lipinski definition) is 1. The summed E-state index contributed by atoms with van der Waals surface area (Å²) in [6, 6.07) is 6.50. The van der Waals surface area contributed by atoms with Crippen LogP contribution in [0.3, 0.4) is 0 Å². The molecule has 1 aromatic carbocycles. The Bertz CT molecular complexity index is 888. The highest BCUT2D eigenvalue weighted by molar-refractivity contribution is 6.22. The Labute approximate surface area is 162 Å². The quantitative estimate of drug-likeness (QED) is 0.578. The Kier molecular flexibility index (Phi) is 5.21. The first-order valence-corrected chi connectivity index (χ1v) is 9.51. The van der Waals surface area contributed by atoms with Gasteiger partial charge in [-0.25, -0.2) is 0 Å². The molecule has 0 radical (unpaired) electrons. The average molecular weight is 382 g/mol. The number of rotatable bonds is 7. The fourth-order valence-corrected chi connectivity index (χ4v) is 3.57. The van der Waals surface area contributed by atoms with Crippen LogP contribution in [0, 0.1) is 0 Å². The molecule has 28 heavy (non-hydrogen) atoms. The summed E-state index contributed by atoms with van der Waals surface area (Å²) in [5, 5.41) is 6.95. The van der Waals surface area contributed by atoms with E-state index in [2.05, 4.69) is 10.4 Å². The molecule has 0 bridgehead atoms. The second-order valence-electron chi connectivity index (χ2n) is 6.99. The first kappa shape index (κ1) is 18.4. The van der Waals surface area contributed by atoms with Crippen LogP contribution >= 0.6 is 0 Å². The van der Waals surface area contributed by atoms with E-state index in [9.17, 15) is 14.4 Å². The molecule has 8 heteroatoms. The van der Waals surface area contributed by atoms with Gasteiger partial charge in [0.2, 0.25) is 0 Å². The van der Waals surface area contributed by atoms with E-state index in [1.165, 1.54) is 11.0 Å². The number of carbonyl (C=O) groups is 3. The van der Waals surface area contributed by atoms with Crippen molar-refractivity contribution >= 4 is 17.7 Å². The van der Waals surface area contributed by atoms with Gasteiger partial charge in [0.15, 0.2) is 0 Å². The van der Waals surface area contributed by atoms with Gasteiger partial charge in [-0.05, 0) is 43.5 Å². The van der Waals surface area contributed by atoms with Gasteiger partial charge in [-0.3, -0.25) is 24.0 Å². The Balaban J connectivity index is 1.37. The lowest BCUT2D eigenvalue weighted by Crippen LogP contribution is -2.36. The zero-order valence-electron chi connectivity index (χ0n) is 15.5. The van der Waals surface area contributed by atoms with Gasteiger partial charge in [0, 0.05) is 37.7 Å². The smallest absolute Gasteiger partial charge is 0.261 e. The molecule has 1 atom stereocenters. The second kappa shape index (κ2) is 7.93. The standard InChI is InChI=1S/C20H22N4O4/c25-18(21-7-2-9-23-10-3-8-22-23)14-5-6-16-17(12-14)20(27)24(19(16)26)13-15-4-1-11-28-15/h3,5-6,8,10,12,15H,1-2,4,7,9,11,13H2,(H,21,25). The molecule has 1 saturated heterocycles. The molecule has 1 N–H and O–H groups in total. The molecule has 3 heterocycles. The number of nitrogens with zero attached hydrogens (tertiary/aromatic N) is 3. The number of fused-ring (bicyclic) bond motifs is 1. The van der Waals surface area contributed by atoms with Gasteiger partial charge in [0.25, 0.3) is 17.7 Å². The summed E-state index contributed by atoms with van der Waals surface area (Å²) >= 11 is 0. The van der Waals surface area contributed by atoms with E-state index in [-0.39, 0.29) is 35.9 Å². The van der Waals surface area contributed by atoms with Crippen LogP contribution in [-0.4, -0.2) is 58.2 Å². The van der Waals surface area contributed by atoms with Crippen molar-refractivity contribution in [2.45, 2.75) is 31.9 Å². The maximum Gasteiger partial charge on any atom is 0.261 e. The fourth-order valence-electron chi connectivity index (χ4n) is 3.57. The minimum atomic E-state index is -0.358. The van der Waals surface area contributed by atoms with E-state index < -0.39 is 0 Å². The van der Waals surface area contributed by atoms with Gasteiger partial charge in [-0.1, -0.05) is 0 Å². The number of aryl methyl sites for hydroxylation is 1. The Hall–Kier alpha value is -3.00. The van der Waals surface area contributed by atoms with E-state index in [0.717, 1.165) is 19.3 Å². The summed E-state index contributed by atoms with van der Waals surface area (Å²) in [4.78, 5) is 38.8. The van der Waals surface area contributed by atoms with Crippen molar-refractivity contribution in [2.24, 2.45) is 0 Å². The SMILES string of the molecule is O=C(NCCCn1cccn1)c1ccc2c(c1)C(=O)N(CC1CCCO1)C2=O. The Morgan fingerprint density at radius 2 is 2.11 bits per heavy atom. The largest absolute Gasteiger partial charge is 0.376 e. The molecule has 146 valence electrons. The van der Waals surface area contributed by atoms with Crippen molar-refractivity contribution in [2.75, 3.05) is 19.7 Å². The Morgan fingerprint density at radius 3 is 2.86 bits per heavy atom. The minimum absolute atomic E-state index is 0.0974. The van der Waals surface area contributed by atoms with Crippen LogP contribution in [0.5, 0.6) is 0 Å². The van der Waals surface area contributed by atoms with Gasteiger partial charge >= 0.3 is 0 Å². The van der Waals surface area contributed by atoms with Gasteiger partial charge in [0.05, 0.1) is 23.8 Å². The second-order valence-corrected chi connectivity index (χ2v) is 6.99.